The lowest BCUT2D eigenvalue weighted by Gasteiger charge is -2.32. The second-order valence-corrected chi connectivity index (χ2v) is 9.60. The number of fused-ring (bicyclic) bond motifs is 1. The van der Waals surface area contributed by atoms with Crippen LogP contribution in [0.4, 0.5) is 0 Å². The molecule has 4 rings (SSSR count). The smallest absolute Gasteiger partial charge is 0.404 e. The van der Waals surface area contributed by atoms with Crippen LogP contribution in [0, 0.1) is 6.92 Å². The van der Waals surface area contributed by atoms with E-state index in [1.165, 1.54) is 10.8 Å². The van der Waals surface area contributed by atoms with Gasteiger partial charge in [-0.25, -0.2) is 9.36 Å². The number of phosphoric acid groups is 1. The SMILES string of the molecule is CCCCC1OP(=O)(OC[C@@H]2C=C[C@H](n3cc(C)c(=O)[nH]c3=O)O2)Oc2cccc(Cl)c21. The standard InChI is InChI=1S/C21H24ClN2O7P/c1-3-4-7-16-19-15(22)6-5-8-17(19)31-32(27,30-16)28-12-14-9-10-18(29-14)24-11-13(2)20(25)23-21(24)26/h5-6,8-11,14,16,18H,3-4,7,12H2,1-2H3,(H,23,25,26)/t14-,16?,18+,32?/m0/s1. The predicted molar refractivity (Wildman–Crippen MR) is 118 cm³/mol. The van der Waals surface area contributed by atoms with Gasteiger partial charge in [-0.15, -0.1) is 0 Å². The van der Waals surface area contributed by atoms with E-state index in [0.29, 0.717) is 28.3 Å². The number of rotatable bonds is 7. The van der Waals surface area contributed by atoms with Crippen LogP contribution in [0.2, 0.25) is 5.02 Å². The number of phosphoric ester groups is 1. The maximum atomic E-state index is 13.2. The Bertz CT molecular complexity index is 1190. The number of aromatic nitrogens is 2. The van der Waals surface area contributed by atoms with E-state index in [1.54, 1.807) is 37.3 Å². The van der Waals surface area contributed by atoms with Gasteiger partial charge in [0.15, 0.2) is 6.23 Å². The van der Waals surface area contributed by atoms with Crippen molar-refractivity contribution in [1.29, 1.82) is 0 Å². The van der Waals surface area contributed by atoms with Crippen molar-refractivity contribution in [1.82, 2.24) is 9.55 Å². The first-order chi connectivity index (χ1) is 15.3. The molecule has 11 heteroatoms. The highest BCUT2D eigenvalue weighted by Crippen LogP contribution is 2.60. The van der Waals surface area contributed by atoms with Gasteiger partial charge in [0.2, 0.25) is 0 Å². The summed E-state index contributed by atoms with van der Waals surface area (Å²) in [6.07, 6.45) is 5.38. The molecule has 0 fully saturated rings. The molecule has 4 atom stereocenters. The summed E-state index contributed by atoms with van der Waals surface area (Å²) in [4.78, 5) is 25.9. The second-order valence-electron chi connectivity index (χ2n) is 7.65. The van der Waals surface area contributed by atoms with Gasteiger partial charge in [-0.05, 0) is 31.6 Å². The topological polar surface area (TPSA) is 109 Å². The van der Waals surface area contributed by atoms with E-state index in [4.69, 9.17) is 29.9 Å². The van der Waals surface area contributed by atoms with E-state index in [0.717, 1.165) is 12.8 Å². The number of ether oxygens (including phenoxy) is 1. The van der Waals surface area contributed by atoms with Crippen molar-refractivity contribution in [2.75, 3.05) is 6.61 Å². The minimum absolute atomic E-state index is 0.113. The minimum Gasteiger partial charge on any atom is -0.404 e. The van der Waals surface area contributed by atoms with E-state index >= 15 is 0 Å². The zero-order valence-electron chi connectivity index (χ0n) is 17.7. The molecule has 0 saturated heterocycles. The quantitative estimate of drug-likeness (QED) is 0.459. The van der Waals surface area contributed by atoms with Crippen LogP contribution < -0.4 is 15.8 Å². The van der Waals surface area contributed by atoms with Crippen molar-refractivity contribution in [3.05, 3.63) is 73.5 Å². The summed E-state index contributed by atoms with van der Waals surface area (Å²) in [7, 11) is -3.92. The van der Waals surface area contributed by atoms with E-state index in [2.05, 4.69) is 11.9 Å². The van der Waals surface area contributed by atoms with Crippen molar-refractivity contribution in [3.63, 3.8) is 0 Å². The van der Waals surface area contributed by atoms with Crippen LogP contribution >= 0.6 is 19.4 Å². The van der Waals surface area contributed by atoms with Gasteiger partial charge in [-0.1, -0.05) is 43.5 Å². The number of aromatic amines is 1. The number of H-pyrrole nitrogens is 1. The average Bonchev–Trinajstić information content (AvgIpc) is 3.22. The maximum absolute atomic E-state index is 13.2. The molecule has 9 nitrogen and oxygen atoms in total. The molecule has 1 N–H and O–H groups in total. The first-order valence-electron chi connectivity index (χ1n) is 10.4. The lowest BCUT2D eigenvalue weighted by molar-refractivity contribution is -0.0160. The van der Waals surface area contributed by atoms with Crippen molar-refractivity contribution in [3.8, 4) is 5.75 Å². The lowest BCUT2D eigenvalue weighted by Crippen LogP contribution is -2.33. The second kappa shape index (κ2) is 9.37. The first kappa shape index (κ1) is 23.0. The molecular weight excluding hydrogens is 459 g/mol. The molecule has 1 aromatic heterocycles. The largest absolute Gasteiger partial charge is 0.530 e. The van der Waals surface area contributed by atoms with Crippen LogP contribution in [-0.2, 0) is 18.3 Å². The summed E-state index contributed by atoms with van der Waals surface area (Å²) >= 11 is 6.33. The Morgan fingerprint density at radius 2 is 2.09 bits per heavy atom. The number of hydrogen-bond acceptors (Lipinski definition) is 7. The Morgan fingerprint density at radius 3 is 2.88 bits per heavy atom. The van der Waals surface area contributed by atoms with Gasteiger partial charge in [-0.3, -0.25) is 23.4 Å². The molecule has 32 heavy (non-hydrogen) atoms. The van der Waals surface area contributed by atoms with Crippen LogP contribution in [-0.4, -0.2) is 22.3 Å². The molecule has 0 aliphatic carbocycles. The number of benzene rings is 1. The van der Waals surface area contributed by atoms with Gasteiger partial charge in [0.05, 0.1) is 11.6 Å². The monoisotopic (exact) mass is 482 g/mol. The van der Waals surface area contributed by atoms with Gasteiger partial charge in [-0.2, -0.15) is 0 Å². The van der Waals surface area contributed by atoms with E-state index in [1.807, 2.05) is 0 Å². The van der Waals surface area contributed by atoms with Crippen LogP contribution in [0.3, 0.4) is 0 Å². The summed E-state index contributed by atoms with van der Waals surface area (Å²) in [6, 6.07) is 5.14. The van der Waals surface area contributed by atoms with Crippen molar-refractivity contribution in [2.45, 2.75) is 51.5 Å². The van der Waals surface area contributed by atoms with Gasteiger partial charge >= 0.3 is 13.5 Å². The van der Waals surface area contributed by atoms with Gasteiger partial charge in [0, 0.05) is 17.3 Å². The zero-order chi connectivity index (χ0) is 22.9. The molecule has 0 bridgehead atoms. The number of halogens is 1. The van der Waals surface area contributed by atoms with Crippen LogP contribution in [0.25, 0.3) is 0 Å². The summed E-state index contributed by atoms with van der Waals surface area (Å²) in [5, 5.41) is 0.487. The van der Waals surface area contributed by atoms with E-state index < -0.39 is 37.5 Å². The fourth-order valence-electron chi connectivity index (χ4n) is 3.58. The third kappa shape index (κ3) is 4.77. The molecule has 1 aromatic carbocycles. The zero-order valence-corrected chi connectivity index (χ0v) is 19.3. The predicted octanol–water partition coefficient (Wildman–Crippen LogP) is 4.42. The molecule has 0 radical (unpaired) electrons. The van der Waals surface area contributed by atoms with Crippen LogP contribution in [0.1, 0.15) is 49.6 Å². The Morgan fingerprint density at radius 1 is 1.28 bits per heavy atom. The number of unbranched alkanes of at least 4 members (excludes halogenated alkanes) is 1. The summed E-state index contributed by atoms with van der Waals surface area (Å²) < 4.78 is 37.2. The number of hydrogen-bond donors (Lipinski definition) is 1. The number of nitrogens with zero attached hydrogens (tertiary/aromatic N) is 1. The lowest BCUT2D eigenvalue weighted by atomic mass is 10.0. The highest BCUT2D eigenvalue weighted by molar-refractivity contribution is 7.49. The highest BCUT2D eigenvalue weighted by atomic mass is 35.5. The molecule has 0 saturated carbocycles. The molecule has 2 aliphatic rings. The Kier molecular flexibility index (Phi) is 6.74. The van der Waals surface area contributed by atoms with Crippen molar-refractivity contribution < 1.29 is 22.9 Å². The maximum Gasteiger partial charge on any atom is 0.530 e. The Balaban J connectivity index is 1.44. The summed E-state index contributed by atoms with van der Waals surface area (Å²) in [5.74, 6) is 0.379. The summed E-state index contributed by atoms with van der Waals surface area (Å²) in [5.41, 5.74) is 0.0133. The highest BCUT2D eigenvalue weighted by Gasteiger charge is 2.41. The first-order valence-corrected chi connectivity index (χ1v) is 12.2. The summed E-state index contributed by atoms with van der Waals surface area (Å²) in [6.45, 7) is 3.53. The van der Waals surface area contributed by atoms with Gasteiger partial charge < -0.3 is 9.26 Å². The molecule has 172 valence electrons. The molecule has 3 heterocycles. The number of aryl methyl sites for hydroxylation is 1. The number of nitrogens with one attached hydrogen (secondary N) is 1. The van der Waals surface area contributed by atoms with Gasteiger partial charge in [0.25, 0.3) is 5.56 Å². The molecule has 2 aliphatic heterocycles. The van der Waals surface area contributed by atoms with Crippen molar-refractivity contribution >= 4 is 19.4 Å². The third-order valence-corrected chi connectivity index (χ3v) is 6.97. The van der Waals surface area contributed by atoms with Gasteiger partial charge in [0.1, 0.15) is 18.0 Å². The normalized spacial score (nSPS) is 26.7. The van der Waals surface area contributed by atoms with Crippen LogP contribution in [0.5, 0.6) is 5.75 Å². The molecule has 2 aromatic rings. The fourth-order valence-corrected chi connectivity index (χ4v) is 5.28. The average molecular weight is 483 g/mol. The Labute approximate surface area is 189 Å². The van der Waals surface area contributed by atoms with Crippen LogP contribution in [0.15, 0.2) is 46.1 Å². The Hall–Kier alpha value is -2.16. The molecular formula is C21H24ClN2O7P. The van der Waals surface area contributed by atoms with E-state index in [-0.39, 0.29) is 6.61 Å². The van der Waals surface area contributed by atoms with Crippen molar-refractivity contribution in [2.24, 2.45) is 0 Å². The fraction of sp³-hybridized carbons (Fsp3) is 0.429. The molecule has 0 amide bonds. The molecule has 0 spiro atoms. The minimum atomic E-state index is -3.92. The third-order valence-electron chi connectivity index (χ3n) is 5.24. The van der Waals surface area contributed by atoms with E-state index in [9.17, 15) is 14.2 Å². The molecule has 2 unspecified atom stereocenters.